The van der Waals surface area contributed by atoms with Crippen molar-refractivity contribution in [3.63, 3.8) is 0 Å². The number of amides is 1. The third kappa shape index (κ3) is 4.59. The Hall–Kier alpha value is -1.83. The van der Waals surface area contributed by atoms with Crippen LogP contribution >= 0.6 is 0 Å². The zero-order valence-corrected chi connectivity index (χ0v) is 11.8. The molecule has 122 valence electrons. The number of aliphatic hydroxyl groups is 1. The highest BCUT2D eigenvalue weighted by Gasteiger charge is 2.29. The summed E-state index contributed by atoms with van der Waals surface area (Å²) in [6, 6.07) is 2.63. The maximum Gasteiger partial charge on any atom is 0.422 e. The van der Waals surface area contributed by atoms with E-state index in [4.69, 9.17) is 5.11 Å². The number of alkyl halides is 3. The lowest BCUT2D eigenvalue weighted by Crippen LogP contribution is -2.40. The molecule has 0 spiro atoms. The van der Waals surface area contributed by atoms with E-state index in [9.17, 15) is 18.0 Å². The predicted octanol–water partition coefficient (Wildman–Crippen LogP) is 1.87. The molecule has 0 aromatic carbocycles. The van der Waals surface area contributed by atoms with Gasteiger partial charge in [0.1, 0.15) is 0 Å². The van der Waals surface area contributed by atoms with Crippen molar-refractivity contribution in [2.75, 3.05) is 26.3 Å². The van der Waals surface area contributed by atoms with Gasteiger partial charge in [-0.25, -0.2) is 4.98 Å². The molecule has 1 unspecified atom stereocenters. The van der Waals surface area contributed by atoms with Gasteiger partial charge in [-0.2, -0.15) is 13.2 Å². The summed E-state index contributed by atoms with van der Waals surface area (Å²) in [4.78, 5) is 17.6. The van der Waals surface area contributed by atoms with Crippen molar-refractivity contribution in [1.82, 2.24) is 9.88 Å². The highest BCUT2D eigenvalue weighted by molar-refractivity contribution is 5.94. The Morgan fingerprint density at radius 1 is 1.45 bits per heavy atom. The number of halogens is 3. The number of likely N-dealkylation sites (tertiary alicyclic amines) is 1. The molecule has 1 N–H and O–H groups in total. The van der Waals surface area contributed by atoms with Gasteiger partial charge in [0.15, 0.2) is 6.61 Å². The lowest BCUT2D eigenvalue weighted by Gasteiger charge is -2.31. The van der Waals surface area contributed by atoms with Crippen LogP contribution in [0, 0.1) is 5.92 Å². The van der Waals surface area contributed by atoms with Crippen molar-refractivity contribution in [3.05, 3.63) is 23.9 Å². The topological polar surface area (TPSA) is 62.7 Å². The predicted molar refractivity (Wildman–Crippen MR) is 71.5 cm³/mol. The first kappa shape index (κ1) is 16.5. The molecule has 1 aliphatic heterocycles. The molecule has 5 nitrogen and oxygen atoms in total. The zero-order chi connectivity index (χ0) is 16.2. The van der Waals surface area contributed by atoms with Gasteiger partial charge < -0.3 is 14.7 Å². The summed E-state index contributed by atoms with van der Waals surface area (Å²) >= 11 is 0. The molecule has 1 aromatic rings. The summed E-state index contributed by atoms with van der Waals surface area (Å²) in [5, 5.41) is 9.16. The van der Waals surface area contributed by atoms with Gasteiger partial charge in [0, 0.05) is 32.0 Å². The number of rotatable bonds is 4. The molecule has 1 fully saturated rings. The maximum absolute atomic E-state index is 12.3. The monoisotopic (exact) mass is 318 g/mol. The van der Waals surface area contributed by atoms with Gasteiger partial charge in [-0.05, 0) is 24.8 Å². The number of pyridine rings is 1. The Bertz CT molecular complexity index is 505. The summed E-state index contributed by atoms with van der Waals surface area (Å²) in [7, 11) is 0. The van der Waals surface area contributed by atoms with E-state index in [0.717, 1.165) is 12.8 Å². The van der Waals surface area contributed by atoms with E-state index in [-0.39, 0.29) is 29.9 Å². The number of ether oxygens (including phenoxy) is 1. The quantitative estimate of drug-likeness (QED) is 0.920. The summed E-state index contributed by atoms with van der Waals surface area (Å²) in [6.07, 6.45) is -1.53. The molecule has 1 aliphatic rings. The molecule has 2 rings (SSSR count). The number of aromatic nitrogens is 1. The van der Waals surface area contributed by atoms with Gasteiger partial charge in [0.05, 0.1) is 5.56 Å². The second-order valence-electron chi connectivity index (χ2n) is 5.23. The fourth-order valence-corrected chi connectivity index (χ4v) is 2.33. The largest absolute Gasteiger partial charge is 0.468 e. The average molecular weight is 318 g/mol. The average Bonchev–Trinajstić information content (AvgIpc) is 2.52. The van der Waals surface area contributed by atoms with E-state index < -0.39 is 12.8 Å². The van der Waals surface area contributed by atoms with Gasteiger partial charge in [-0.15, -0.1) is 0 Å². The molecular weight excluding hydrogens is 301 g/mol. The smallest absolute Gasteiger partial charge is 0.422 e. The maximum atomic E-state index is 12.3. The Morgan fingerprint density at radius 2 is 2.23 bits per heavy atom. The molecule has 1 atom stereocenters. The van der Waals surface area contributed by atoms with Crippen LogP contribution in [0.4, 0.5) is 13.2 Å². The van der Waals surface area contributed by atoms with Crippen LogP contribution in [-0.4, -0.2) is 53.4 Å². The van der Waals surface area contributed by atoms with Crippen LogP contribution in [0.5, 0.6) is 5.88 Å². The zero-order valence-electron chi connectivity index (χ0n) is 11.8. The molecule has 0 saturated carbocycles. The summed E-state index contributed by atoms with van der Waals surface area (Å²) in [6.45, 7) is -0.312. The van der Waals surface area contributed by atoms with Crippen LogP contribution in [0.1, 0.15) is 23.2 Å². The molecule has 0 bridgehead atoms. The molecule has 0 aliphatic carbocycles. The molecule has 8 heteroatoms. The second kappa shape index (κ2) is 6.95. The van der Waals surface area contributed by atoms with Crippen LogP contribution in [0.3, 0.4) is 0 Å². The lowest BCUT2D eigenvalue weighted by atomic mass is 9.98. The Balaban J connectivity index is 1.96. The standard InChI is InChI=1S/C14H17F3N2O3/c15-14(16,17)9-22-12-4-3-11(6-18-12)13(21)19-5-1-2-10(7-19)8-20/h3-4,6,10,20H,1-2,5,7-9H2. The van der Waals surface area contributed by atoms with Gasteiger partial charge in [-0.1, -0.05) is 0 Å². The van der Waals surface area contributed by atoms with Crippen LogP contribution in [-0.2, 0) is 0 Å². The van der Waals surface area contributed by atoms with Crippen molar-refractivity contribution < 1.29 is 27.8 Å². The van der Waals surface area contributed by atoms with E-state index in [0.29, 0.717) is 13.1 Å². The molecule has 22 heavy (non-hydrogen) atoms. The van der Waals surface area contributed by atoms with Crippen LogP contribution in [0.2, 0.25) is 0 Å². The molecule has 0 radical (unpaired) electrons. The Kier molecular flexibility index (Phi) is 5.23. The van der Waals surface area contributed by atoms with Gasteiger partial charge in [-0.3, -0.25) is 4.79 Å². The van der Waals surface area contributed by atoms with E-state index in [2.05, 4.69) is 9.72 Å². The van der Waals surface area contributed by atoms with Crippen LogP contribution < -0.4 is 4.74 Å². The summed E-state index contributed by atoms with van der Waals surface area (Å²) in [5.74, 6) is -0.353. The third-order valence-corrected chi connectivity index (χ3v) is 3.43. The van der Waals surface area contributed by atoms with Crippen molar-refractivity contribution in [1.29, 1.82) is 0 Å². The first-order chi connectivity index (χ1) is 10.4. The number of nitrogens with zero attached hydrogens (tertiary/aromatic N) is 2. The van der Waals surface area contributed by atoms with Crippen molar-refractivity contribution >= 4 is 5.91 Å². The highest BCUT2D eigenvalue weighted by atomic mass is 19.4. The molecule has 1 amide bonds. The molecular formula is C14H17F3N2O3. The summed E-state index contributed by atoms with van der Waals surface area (Å²) < 4.78 is 40.6. The van der Waals surface area contributed by atoms with E-state index >= 15 is 0 Å². The number of hydrogen-bond acceptors (Lipinski definition) is 4. The van der Waals surface area contributed by atoms with E-state index in [1.54, 1.807) is 4.90 Å². The second-order valence-corrected chi connectivity index (χ2v) is 5.23. The van der Waals surface area contributed by atoms with Crippen LogP contribution in [0.15, 0.2) is 18.3 Å². The summed E-state index contributed by atoms with van der Waals surface area (Å²) in [5.41, 5.74) is 0.290. The van der Waals surface area contributed by atoms with Gasteiger partial charge in [0.2, 0.25) is 5.88 Å². The minimum absolute atomic E-state index is 0.0340. The minimum atomic E-state index is -4.43. The molecule has 2 heterocycles. The number of carbonyl (C=O) groups is 1. The first-order valence-corrected chi connectivity index (χ1v) is 6.95. The van der Waals surface area contributed by atoms with Crippen molar-refractivity contribution in [3.8, 4) is 5.88 Å². The number of aliphatic hydroxyl groups excluding tert-OH is 1. The first-order valence-electron chi connectivity index (χ1n) is 6.95. The third-order valence-electron chi connectivity index (χ3n) is 3.43. The normalized spacial score (nSPS) is 19.1. The number of hydrogen-bond donors (Lipinski definition) is 1. The fourth-order valence-electron chi connectivity index (χ4n) is 2.33. The number of piperidine rings is 1. The Labute approximate surface area is 125 Å². The van der Waals surface area contributed by atoms with Gasteiger partial charge in [0.25, 0.3) is 5.91 Å². The van der Waals surface area contributed by atoms with Gasteiger partial charge >= 0.3 is 6.18 Å². The van der Waals surface area contributed by atoms with Crippen LogP contribution in [0.25, 0.3) is 0 Å². The minimum Gasteiger partial charge on any atom is -0.468 e. The van der Waals surface area contributed by atoms with Crippen molar-refractivity contribution in [2.24, 2.45) is 5.92 Å². The van der Waals surface area contributed by atoms with Crippen molar-refractivity contribution in [2.45, 2.75) is 19.0 Å². The lowest BCUT2D eigenvalue weighted by molar-refractivity contribution is -0.154. The SMILES string of the molecule is O=C(c1ccc(OCC(F)(F)F)nc1)N1CCCC(CO)C1. The fraction of sp³-hybridized carbons (Fsp3) is 0.571. The highest BCUT2D eigenvalue weighted by Crippen LogP contribution is 2.20. The molecule has 1 aromatic heterocycles. The van der Waals surface area contributed by atoms with E-state index in [1.165, 1.54) is 18.3 Å². The molecule has 1 saturated heterocycles. The number of carbonyl (C=O) groups excluding carboxylic acids is 1. The van der Waals surface area contributed by atoms with E-state index in [1.807, 2.05) is 0 Å². The Morgan fingerprint density at radius 3 is 2.82 bits per heavy atom.